The van der Waals surface area contributed by atoms with Gasteiger partial charge in [0, 0.05) is 5.56 Å². The molecular weight excluding hydrogens is 188 g/mol. The summed E-state index contributed by atoms with van der Waals surface area (Å²) in [6, 6.07) is 1.90. The van der Waals surface area contributed by atoms with Crippen molar-refractivity contribution in [2.45, 2.75) is 45.1 Å². The first-order valence-corrected chi connectivity index (χ1v) is 5.89. The van der Waals surface area contributed by atoms with E-state index < -0.39 is 5.60 Å². The van der Waals surface area contributed by atoms with Crippen molar-refractivity contribution >= 4 is 0 Å². The Morgan fingerprint density at radius 3 is 2.87 bits per heavy atom. The van der Waals surface area contributed by atoms with Gasteiger partial charge in [-0.1, -0.05) is 26.7 Å². The first-order valence-electron chi connectivity index (χ1n) is 5.89. The third kappa shape index (κ3) is 1.83. The summed E-state index contributed by atoms with van der Waals surface area (Å²) in [5.41, 5.74) is 0.306. The molecule has 1 saturated carbocycles. The van der Waals surface area contributed by atoms with Crippen molar-refractivity contribution in [2.24, 2.45) is 11.8 Å². The first kappa shape index (κ1) is 10.7. The minimum absolute atomic E-state index is 0.365. The number of furan rings is 1. The average molecular weight is 208 g/mol. The van der Waals surface area contributed by atoms with Gasteiger partial charge in [-0.3, -0.25) is 0 Å². The number of hydrogen-bond acceptors (Lipinski definition) is 2. The van der Waals surface area contributed by atoms with Gasteiger partial charge in [0.1, 0.15) is 0 Å². The Kier molecular flexibility index (Phi) is 2.87. The van der Waals surface area contributed by atoms with Crippen LogP contribution < -0.4 is 0 Å². The fourth-order valence-electron chi connectivity index (χ4n) is 2.94. The van der Waals surface area contributed by atoms with E-state index in [1.165, 1.54) is 6.42 Å². The lowest BCUT2D eigenvalue weighted by Crippen LogP contribution is -2.40. The second-order valence-electron chi connectivity index (χ2n) is 5.03. The summed E-state index contributed by atoms with van der Waals surface area (Å²) in [7, 11) is 0. The van der Waals surface area contributed by atoms with Crippen molar-refractivity contribution in [3.8, 4) is 0 Å². The Bertz CT molecular complexity index is 302. The molecule has 2 nitrogen and oxygen atoms in total. The molecule has 15 heavy (non-hydrogen) atoms. The maximum atomic E-state index is 10.8. The maximum absolute atomic E-state index is 10.8. The van der Waals surface area contributed by atoms with Gasteiger partial charge in [-0.25, -0.2) is 0 Å². The molecule has 0 radical (unpaired) electrons. The van der Waals surface area contributed by atoms with Crippen molar-refractivity contribution < 1.29 is 9.52 Å². The molecule has 2 heteroatoms. The molecule has 0 spiro atoms. The molecule has 1 aliphatic rings. The summed E-state index contributed by atoms with van der Waals surface area (Å²) in [5, 5.41) is 10.8. The van der Waals surface area contributed by atoms with Crippen molar-refractivity contribution in [3.05, 3.63) is 24.2 Å². The molecule has 2 atom stereocenters. The zero-order valence-electron chi connectivity index (χ0n) is 9.57. The summed E-state index contributed by atoms with van der Waals surface area (Å²) in [4.78, 5) is 0. The zero-order chi connectivity index (χ0) is 10.9. The summed E-state index contributed by atoms with van der Waals surface area (Å²) >= 11 is 0. The van der Waals surface area contributed by atoms with E-state index in [1.54, 1.807) is 12.5 Å². The van der Waals surface area contributed by atoms with E-state index in [9.17, 15) is 5.11 Å². The lowest BCUT2D eigenvalue weighted by Gasteiger charge is -2.41. The maximum Gasteiger partial charge on any atom is 0.0963 e. The summed E-state index contributed by atoms with van der Waals surface area (Å²) in [6.07, 6.45) is 7.70. The van der Waals surface area contributed by atoms with Gasteiger partial charge in [0.25, 0.3) is 0 Å². The van der Waals surface area contributed by atoms with E-state index in [1.807, 2.05) is 6.07 Å². The van der Waals surface area contributed by atoms with Crippen LogP contribution in [0.15, 0.2) is 23.0 Å². The van der Waals surface area contributed by atoms with Crippen LogP contribution >= 0.6 is 0 Å². The Morgan fingerprint density at radius 1 is 1.47 bits per heavy atom. The van der Waals surface area contributed by atoms with Crippen molar-refractivity contribution in [3.63, 3.8) is 0 Å². The highest BCUT2D eigenvalue weighted by Crippen LogP contribution is 2.45. The number of rotatable bonds is 2. The van der Waals surface area contributed by atoms with Gasteiger partial charge >= 0.3 is 0 Å². The largest absolute Gasteiger partial charge is 0.472 e. The van der Waals surface area contributed by atoms with Crippen LogP contribution in [0.25, 0.3) is 0 Å². The smallest absolute Gasteiger partial charge is 0.0963 e. The Labute approximate surface area is 91.3 Å². The van der Waals surface area contributed by atoms with Crippen molar-refractivity contribution in [1.29, 1.82) is 0 Å². The Hall–Kier alpha value is -0.760. The normalized spacial score (nSPS) is 32.1. The SMILES string of the molecule is CC(C)C1CCCCC1(O)c1ccoc1. The summed E-state index contributed by atoms with van der Waals surface area (Å²) in [6.45, 7) is 4.39. The van der Waals surface area contributed by atoms with E-state index in [2.05, 4.69) is 13.8 Å². The van der Waals surface area contributed by atoms with E-state index in [0.29, 0.717) is 11.8 Å². The quantitative estimate of drug-likeness (QED) is 0.808. The van der Waals surface area contributed by atoms with Crippen LogP contribution in [0, 0.1) is 11.8 Å². The Balaban J connectivity index is 2.30. The standard InChI is InChI=1S/C13H20O2/c1-10(2)12-5-3-4-7-13(12,14)11-6-8-15-9-11/h6,8-10,12,14H,3-5,7H2,1-2H3. The van der Waals surface area contributed by atoms with Gasteiger partial charge in [0.15, 0.2) is 0 Å². The van der Waals surface area contributed by atoms with Crippen LogP contribution in [0.4, 0.5) is 0 Å². The molecule has 84 valence electrons. The summed E-state index contributed by atoms with van der Waals surface area (Å²) in [5.74, 6) is 0.883. The van der Waals surface area contributed by atoms with Crippen molar-refractivity contribution in [2.75, 3.05) is 0 Å². The van der Waals surface area contributed by atoms with Crippen LogP contribution in [0.2, 0.25) is 0 Å². The molecule has 0 aromatic carbocycles. The molecule has 1 N–H and O–H groups in total. The molecule has 1 aromatic rings. The van der Waals surface area contributed by atoms with Crippen LogP contribution in [0.5, 0.6) is 0 Å². The monoisotopic (exact) mass is 208 g/mol. The highest BCUT2D eigenvalue weighted by Gasteiger charge is 2.42. The first-order chi connectivity index (χ1) is 7.14. The zero-order valence-corrected chi connectivity index (χ0v) is 9.57. The molecule has 0 bridgehead atoms. The van der Waals surface area contributed by atoms with Crippen LogP contribution in [-0.4, -0.2) is 5.11 Å². The molecule has 0 saturated heterocycles. The Morgan fingerprint density at radius 2 is 2.27 bits per heavy atom. The van der Waals surface area contributed by atoms with Gasteiger partial charge in [-0.15, -0.1) is 0 Å². The highest BCUT2D eigenvalue weighted by atomic mass is 16.3. The van der Waals surface area contributed by atoms with Gasteiger partial charge in [0.05, 0.1) is 18.1 Å². The predicted molar refractivity (Wildman–Crippen MR) is 59.4 cm³/mol. The van der Waals surface area contributed by atoms with E-state index in [-0.39, 0.29) is 0 Å². The second-order valence-corrected chi connectivity index (χ2v) is 5.03. The molecule has 0 aliphatic heterocycles. The van der Waals surface area contributed by atoms with Gasteiger partial charge in [-0.2, -0.15) is 0 Å². The molecule has 0 amide bonds. The summed E-state index contributed by atoms with van der Waals surface area (Å²) < 4.78 is 5.10. The topological polar surface area (TPSA) is 33.4 Å². The second kappa shape index (κ2) is 4.01. The lowest BCUT2D eigenvalue weighted by atomic mass is 9.68. The minimum Gasteiger partial charge on any atom is -0.472 e. The molecule has 1 aliphatic carbocycles. The molecule has 1 aromatic heterocycles. The third-order valence-corrected chi connectivity index (χ3v) is 3.76. The molecular formula is C13H20O2. The molecule has 2 unspecified atom stereocenters. The highest BCUT2D eigenvalue weighted by molar-refractivity contribution is 5.19. The lowest BCUT2D eigenvalue weighted by molar-refractivity contribution is -0.0724. The van der Waals surface area contributed by atoms with Gasteiger partial charge in [0.2, 0.25) is 0 Å². The van der Waals surface area contributed by atoms with E-state index in [4.69, 9.17) is 4.42 Å². The van der Waals surface area contributed by atoms with Crippen LogP contribution in [0.1, 0.15) is 45.1 Å². The van der Waals surface area contributed by atoms with Gasteiger partial charge < -0.3 is 9.52 Å². The van der Waals surface area contributed by atoms with E-state index in [0.717, 1.165) is 24.8 Å². The van der Waals surface area contributed by atoms with Gasteiger partial charge in [-0.05, 0) is 30.7 Å². The fraction of sp³-hybridized carbons (Fsp3) is 0.692. The number of hydrogen-bond donors (Lipinski definition) is 1. The minimum atomic E-state index is -0.653. The van der Waals surface area contributed by atoms with Crippen LogP contribution in [0.3, 0.4) is 0 Å². The average Bonchev–Trinajstić information content (AvgIpc) is 2.71. The molecule has 1 fully saturated rings. The van der Waals surface area contributed by atoms with Crippen LogP contribution in [-0.2, 0) is 5.60 Å². The van der Waals surface area contributed by atoms with Crippen molar-refractivity contribution in [1.82, 2.24) is 0 Å². The fourth-order valence-corrected chi connectivity index (χ4v) is 2.94. The predicted octanol–water partition coefficient (Wildman–Crippen LogP) is 3.31. The molecule has 2 rings (SSSR count). The van der Waals surface area contributed by atoms with E-state index >= 15 is 0 Å². The molecule has 1 heterocycles. The third-order valence-electron chi connectivity index (χ3n) is 3.76. The number of aliphatic hydroxyl groups is 1.